The molecule has 1 saturated carbocycles. The van der Waals surface area contributed by atoms with Crippen LogP contribution in [0.25, 0.3) is 0 Å². The molecule has 1 aliphatic carbocycles. The van der Waals surface area contributed by atoms with E-state index in [0.29, 0.717) is 12.1 Å². The number of hydrogen-bond acceptors (Lipinski definition) is 5. The molecule has 29 heavy (non-hydrogen) atoms. The number of ether oxygens (including phenoxy) is 1. The highest BCUT2D eigenvalue weighted by Crippen LogP contribution is 2.29. The fourth-order valence-electron chi connectivity index (χ4n) is 3.64. The molecule has 0 bridgehead atoms. The number of amides is 1. The van der Waals surface area contributed by atoms with Crippen LogP contribution in [0.5, 0.6) is 5.75 Å². The molecule has 1 aromatic carbocycles. The van der Waals surface area contributed by atoms with Crippen molar-refractivity contribution in [2.75, 3.05) is 13.7 Å². The van der Waals surface area contributed by atoms with Crippen molar-refractivity contribution in [1.29, 1.82) is 0 Å². The molecule has 0 spiro atoms. The highest BCUT2D eigenvalue weighted by Gasteiger charge is 2.29. The van der Waals surface area contributed by atoms with Crippen molar-refractivity contribution in [2.24, 2.45) is 5.92 Å². The topological polar surface area (TPSA) is 84.5 Å². The number of rotatable bonds is 8. The van der Waals surface area contributed by atoms with Gasteiger partial charge in [-0.15, -0.1) is 11.3 Å². The monoisotopic (exact) mass is 436 g/mol. The lowest BCUT2D eigenvalue weighted by Gasteiger charge is -2.29. The normalized spacial score (nSPS) is 19.7. The van der Waals surface area contributed by atoms with Gasteiger partial charge >= 0.3 is 0 Å². The second-order valence-electron chi connectivity index (χ2n) is 7.44. The molecule has 158 valence electrons. The van der Waals surface area contributed by atoms with Crippen LogP contribution in [0.4, 0.5) is 0 Å². The van der Waals surface area contributed by atoms with E-state index in [2.05, 4.69) is 17.0 Å². The Morgan fingerprint density at radius 3 is 2.72 bits per heavy atom. The van der Waals surface area contributed by atoms with Crippen LogP contribution >= 0.6 is 11.3 Å². The SMILES string of the molecule is COc1ccc(C(=O)NCCc2cccs2)cc1S(=O)(=O)NC1CCCCC1C. The zero-order chi connectivity index (χ0) is 20.9. The molecule has 1 aliphatic rings. The summed E-state index contributed by atoms with van der Waals surface area (Å²) in [7, 11) is -2.37. The first-order valence-electron chi connectivity index (χ1n) is 9.91. The maximum atomic E-state index is 13.0. The average Bonchev–Trinajstić information content (AvgIpc) is 3.22. The molecule has 1 fully saturated rings. The third kappa shape index (κ3) is 5.58. The van der Waals surface area contributed by atoms with Crippen LogP contribution in [0.2, 0.25) is 0 Å². The third-order valence-electron chi connectivity index (χ3n) is 5.37. The minimum Gasteiger partial charge on any atom is -0.495 e. The second-order valence-corrected chi connectivity index (χ2v) is 10.2. The fourth-order valence-corrected chi connectivity index (χ4v) is 5.92. The molecule has 2 N–H and O–H groups in total. The van der Waals surface area contributed by atoms with E-state index in [4.69, 9.17) is 4.74 Å². The van der Waals surface area contributed by atoms with Gasteiger partial charge in [0.15, 0.2) is 0 Å². The molecular formula is C21H28N2O4S2. The predicted molar refractivity (Wildman–Crippen MR) is 115 cm³/mol. The van der Waals surface area contributed by atoms with Crippen molar-refractivity contribution in [1.82, 2.24) is 10.0 Å². The summed E-state index contributed by atoms with van der Waals surface area (Å²) in [5, 5.41) is 4.85. The Hall–Kier alpha value is -1.90. The first-order valence-corrected chi connectivity index (χ1v) is 12.3. The summed E-state index contributed by atoms with van der Waals surface area (Å²) in [6.07, 6.45) is 4.72. The van der Waals surface area contributed by atoms with E-state index in [-0.39, 0.29) is 28.5 Å². The first kappa shape index (κ1) is 21.8. The summed E-state index contributed by atoms with van der Waals surface area (Å²) in [5.41, 5.74) is 0.300. The van der Waals surface area contributed by atoms with Crippen molar-refractivity contribution < 1.29 is 17.9 Å². The van der Waals surface area contributed by atoms with Crippen LogP contribution < -0.4 is 14.8 Å². The highest BCUT2D eigenvalue weighted by atomic mass is 32.2. The number of carbonyl (C=O) groups excluding carboxylic acids is 1. The molecule has 8 heteroatoms. The fraction of sp³-hybridized carbons (Fsp3) is 0.476. The van der Waals surface area contributed by atoms with E-state index in [0.717, 1.165) is 32.1 Å². The summed E-state index contributed by atoms with van der Waals surface area (Å²) >= 11 is 1.64. The van der Waals surface area contributed by atoms with Crippen molar-refractivity contribution >= 4 is 27.3 Å². The van der Waals surface area contributed by atoms with Gasteiger partial charge in [0.25, 0.3) is 5.91 Å². The molecule has 6 nitrogen and oxygen atoms in total. The second kappa shape index (κ2) is 9.73. The molecule has 3 rings (SSSR count). The van der Waals surface area contributed by atoms with Gasteiger partial charge in [-0.2, -0.15) is 0 Å². The lowest BCUT2D eigenvalue weighted by Crippen LogP contribution is -2.41. The molecule has 0 radical (unpaired) electrons. The van der Waals surface area contributed by atoms with Crippen molar-refractivity contribution in [3.05, 3.63) is 46.2 Å². The van der Waals surface area contributed by atoms with E-state index in [1.165, 1.54) is 24.1 Å². The Bertz CT molecular complexity index is 926. The number of thiophene rings is 1. The van der Waals surface area contributed by atoms with Gasteiger partial charge in [-0.3, -0.25) is 4.79 Å². The van der Waals surface area contributed by atoms with E-state index in [9.17, 15) is 13.2 Å². The molecule has 1 amide bonds. The minimum atomic E-state index is -3.80. The number of nitrogens with one attached hydrogen (secondary N) is 2. The Balaban J connectivity index is 1.74. The van der Waals surface area contributed by atoms with Gasteiger partial charge in [0.1, 0.15) is 10.6 Å². The van der Waals surface area contributed by atoms with Crippen molar-refractivity contribution in [3.8, 4) is 5.75 Å². The van der Waals surface area contributed by atoms with Crippen LogP contribution in [-0.4, -0.2) is 34.0 Å². The van der Waals surface area contributed by atoms with E-state index >= 15 is 0 Å². The van der Waals surface area contributed by atoms with Crippen LogP contribution in [-0.2, 0) is 16.4 Å². The van der Waals surface area contributed by atoms with Crippen LogP contribution in [0.3, 0.4) is 0 Å². The third-order valence-corrected chi connectivity index (χ3v) is 7.82. The Morgan fingerprint density at radius 1 is 1.24 bits per heavy atom. The lowest BCUT2D eigenvalue weighted by atomic mass is 9.87. The minimum absolute atomic E-state index is 0.00341. The Labute approximate surface area is 176 Å². The van der Waals surface area contributed by atoms with Gasteiger partial charge in [0.2, 0.25) is 10.0 Å². The summed E-state index contributed by atoms with van der Waals surface area (Å²) in [5.74, 6) is 0.219. The maximum Gasteiger partial charge on any atom is 0.251 e. The predicted octanol–water partition coefficient (Wildman–Crippen LogP) is 3.59. The smallest absolute Gasteiger partial charge is 0.251 e. The summed E-state index contributed by atoms with van der Waals surface area (Å²) in [6.45, 7) is 2.56. The van der Waals surface area contributed by atoms with Crippen molar-refractivity contribution in [3.63, 3.8) is 0 Å². The number of carbonyl (C=O) groups is 1. The quantitative estimate of drug-likeness (QED) is 0.662. The van der Waals surface area contributed by atoms with E-state index < -0.39 is 10.0 Å². The molecule has 2 atom stereocenters. The summed E-state index contributed by atoms with van der Waals surface area (Å²) in [4.78, 5) is 13.7. The summed E-state index contributed by atoms with van der Waals surface area (Å²) in [6, 6.07) is 8.42. The Kier molecular flexibility index (Phi) is 7.32. The zero-order valence-corrected chi connectivity index (χ0v) is 18.4. The Morgan fingerprint density at radius 2 is 2.03 bits per heavy atom. The van der Waals surface area contributed by atoms with E-state index in [1.54, 1.807) is 17.4 Å². The molecule has 2 aromatic rings. The molecule has 1 aromatic heterocycles. The van der Waals surface area contributed by atoms with Crippen LogP contribution in [0, 0.1) is 5.92 Å². The largest absolute Gasteiger partial charge is 0.495 e. The van der Waals surface area contributed by atoms with Crippen LogP contribution in [0.1, 0.15) is 47.8 Å². The number of hydrogen-bond donors (Lipinski definition) is 2. The number of methoxy groups -OCH3 is 1. The lowest BCUT2D eigenvalue weighted by molar-refractivity contribution is 0.0954. The van der Waals surface area contributed by atoms with Crippen LogP contribution in [0.15, 0.2) is 40.6 Å². The maximum absolute atomic E-state index is 13.0. The number of benzene rings is 1. The average molecular weight is 437 g/mol. The van der Waals surface area contributed by atoms with Gasteiger partial charge in [-0.1, -0.05) is 25.8 Å². The van der Waals surface area contributed by atoms with Gasteiger partial charge in [-0.25, -0.2) is 13.1 Å². The van der Waals surface area contributed by atoms with Gasteiger partial charge in [-0.05, 0) is 54.8 Å². The van der Waals surface area contributed by atoms with E-state index in [1.807, 2.05) is 17.5 Å². The van der Waals surface area contributed by atoms with Crippen molar-refractivity contribution in [2.45, 2.75) is 50.0 Å². The highest BCUT2D eigenvalue weighted by molar-refractivity contribution is 7.89. The molecule has 0 aliphatic heterocycles. The van der Waals surface area contributed by atoms with Gasteiger partial charge in [0, 0.05) is 23.0 Å². The first-order chi connectivity index (χ1) is 13.9. The molecular weight excluding hydrogens is 408 g/mol. The molecule has 2 unspecified atom stereocenters. The summed E-state index contributed by atoms with van der Waals surface area (Å²) < 4.78 is 34.2. The molecule has 0 saturated heterocycles. The van der Waals surface area contributed by atoms with Gasteiger partial charge in [0.05, 0.1) is 7.11 Å². The zero-order valence-electron chi connectivity index (χ0n) is 16.8. The van der Waals surface area contributed by atoms with Gasteiger partial charge < -0.3 is 10.1 Å². The molecule has 1 heterocycles. The standard InChI is InChI=1S/C21H28N2O4S2/c1-15-6-3-4-8-18(15)23-29(25,26)20-14-16(9-10-19(20)27-2)21(24)22-12-11-17-7-5-13-28-17/h5,7,9-10,13-15,18,23H,3-4,6,8,11-12H2,1-2H3,(H,22,24). The number of sulfonamides is 1.